The highest BCUT2D eigenvalue weighted by Gasteiger charge is 2.31. The predicted octanol–water partition coefficient (Wildman–Crippen LogP) is 4.16. The third-order valence-corrected chi connectivity index (χ3v) is 6.95. The second kappa shape index (κ2) is 8.31. The summed E-state index contributed by atoms with van der Waals surface area (Å²) in [5, 5.41) is 14.4. The standard InChI is InChI=1S/C21H22N4O3S2/c1-13(20(26)22-14-4-7-17-18(11-14)28-9-8-27-17)30-21-24-23-19(25(21)15-5-6-15)12-16-3-2-10-29-16/h2-4,7,10-11,13,15H,5-6,8-9,12H2,1H3,(H,22,26). The Labute approximate surface area is 182 Å². The molecule has 1 atom stereocenters. The first kappa shape index (κ1) is 19.4. The lowest BCUT2D eigenvalue weighted by Crippen LogP contribution is -2.23. The van der Waals surface area contributed by atoms with Crippen LogP contribution in [-0.2, 0) is 11.2 Å². The summed E-state index contributed by atoms with van der Waals surface area (Å²) in [6.07, 6.45) is 3.06. The smallest absolute Gasteiger partial charge is 0.237 e. The van der Waals surface area contributed by atoms with Crippen LogP contribution in [0.15, 0.2) is 40.9 Å². The number of nitrogens with zero attached hydrogens (tertiary/aromatic N) is 3. The zero-order valence-corrected chi connectivity index (χ0v) is 18.2. The van der Waals surface area contributed by atoms with E-state index in [9.17, 15) is 4.79 Å². The van der Waals surface area contributed by atoms with Crippen molar-refractivity contribution in [1.29, 1.82) is 0 Å². The van der Waals surface area contributed by atoms with E-state index in [-0.39, 0.29) is 11.2 Å². The summed E-state index contributed by atoms with van der Waals surface area (Å²) in [5.41, 5.74) is 0.693. The minimum atomic E-state index is -0.311. The summed E-state index contributed by atoms with van der Waals surface area (Å²) < 4.78 is 13.3. The Morgan fingerprint density at radius 1 is 1.27 bits per heavy atom. The highest BCUT2D eigenvalue weighted by molar-refractivity contribution is 8.00. The number of carbonyl (C=O) groups excluding carboxylic acids is 1. The molecule has 1 unspecified atom stereocenters. The molecule has 2 aromatic heterocycles. The van der Waals surface area contributed by atoms with Crippen molar-refractivity contribution in [1.82, 2.24) is 14.8 Å². The third kappa shape index (κ3) is 4.17. The number of amides is 1. The Morgan fingerprint density at radius 2 is 2.10 bits per heavy atom. The molecule has 1 N–H and O–H groups in total. The fourth-order valence-corrected chi connectivity index (χ4v) is 4.99. The van der Waals surface area contributed by atoms with Gasteiger partial charge in [-0.15, -0.1) is 21.5 Å². The van der Waals surface area contributed by atoms with Crippen molar-refractivity contribution in [2.45, 2.75) is 42.6 Å². The van der Waals surface area contributed by atoms with Crippen LogP contribution in [0, 0.1) is 0 Å². The summed E-state index contributed by atoms with van der Waals surface area (Å²) in [6.45, 7) is 2.95. The molecule has 1 fully saturated rings. The molecule has 0 spiro atoms. The number of ether oxygens (including phenoxy) is 2. The Morgan fingerprint density at radius 3 is 2.87 bits per heavy atom. The third-order valence-electron chi connectivity index (χ3n) is 5.02. The van der Waals surface area contributed by atoms with E-state index >= 15 is 0 Å². The summed E-state index contributed by atoms with van der Waals surface area (Å²) in [5.74, 6) is 2.26. The Kier molecular flexibility index (Phi) is 5.39. The highest BCUT2D eigenvalue weighted by Crippen LogP contribution is 2.40. The quantitative estimate of drug-likeness (QED) is 0.554. The number of hydrogen-bond donors (Lipinski definition) is 1. The van der Waals surface area contributed by atoms with E-state index in [1.807, 2.05) is 19.1 Å². The molecule has 9 heteroatoms. The van der Waals surface area contributed by atoms with E-state index < -0.39 is 0 Å². The molecule has 1 saturated carbocycles. The van der Waals surface area contributed by atoms with Crippen molar-refractivity contribution >= 4 is 34.7 Å². The zero-order valence-electron chi connectivity index (χ0n) is 16.5. The molecule has 5 rings (SSSR count). The molecule has 0 radical (unpaired) electrons. The van der Waals surface area contributed by atoms with E-state index in [0.29, 0.717) is 36.4 Å². The number of thioether (sulfide) groups is 1. The van der Waals surface area contributed by atoms with Gasteiger partial charge < -0.3 is 19.4 Å². The molecular formula is C21H22N4O3S2. The molecule has 0 bridgehead atoms. The maximum Gasteiger partial charge on any atom is 0.237 e. The predicted molar refractivity (Wildman–Crippen MR) is 117 cm³/mol. The maximum absolute atomic E-state index is 12.8. The van der Waals surface area contributed by atoms with Crippen molar-refractivity contribution in [2.24, 2.45) is 0 Å². The lowest BCUT2D eigenvalue weighted by atomic mass is 10.2. The molecule has 1 aliphatic carbocycles. The number of rotatable bonds is 7. The van der Waals surface area contributed by atoms with E-state index in [1.54, 1.807) is 17.4 Å². The number of fused-ring (bicyclic) bond motifs is 1. The van der Waals surface area contributed by atoms with E-state index in [1.165, 1.54) is 16.6 Å². The highest BCUT2D eigenvalue weighted by atomic mass is 32.2. The van der Waals surface area contributed by atoms with Crippen molar-refractivity contribution in [2.75, 3.05) is 18.5 Å². The second-order valence-corrected chi connectivity index (χ2v) is 9.70. The number of aromatic nitrogens is 3. The summed E-state index contributed by atoms with van der Waals surface area (Å²) >= 11 is 3.18. The fraction of sp³-hybridized carbons (Fsp3) is 0.381. The molecule has 1 amide bonds. The molecule has 2 aliphatic rings. The molecule has 30 heavy (non-hydrogen) atoms. The van der Waals surface area contributed by atoms with Crippen LogP contribution < -0.4 is 14.8 Å². The first-order valence-electron chi connectivity index (χ1n) is 10.0. The van der Waals surface area contributed by atoms with Crippen LogP contribution in [0.5, 0.6) is 11.5 Å². The van der Waals surface area contributed by atoms with Gasteiger partial charge in [0.2, 0.25) is 5.91 Å². The summed E-state index contributed by atoms with van der Waals surface area (Å²) in [7, 11) is 0. The van der Waals surface area contributed by atoms with Gasteiger partial charge in [-0.1, -0.05) is 17.8 Å². The number of thiophene rings is 1. The first-order chi connectivity index (χ1) is 14.7. The molecule has 156 valence electrons. The molecule has 3 heterocycles. The minimum Gasteiger partial charge on any atom is -0.486 e. The van der Waals surface area contributed by atoms with Crippen molar-refractivity contribution in [3.8, 4) is 11.5 Å². The molecular weight excluding hydrogens is 420 g/mol. The van der Waals surface area contributed by atoms with Gasteiger partial charge in [0.15, 0.2) is 16.7 Å². The normalized spacial score (nSPS) is 16.3. The van der Waals surface area contributed by atoms with Gasteiger partial charge in [0.25, 0.3) is 0 Å². The van der Waals surface area contributed by atoms with Gasteiger partial charge >= 0.3 is 0 Å². The van der Waals surface area contributed by atoms with E-state index in [2.05, 4.69) is 37.6 Å². The number of carbonyl (C=O) groups is 1. The Hall–Kier alpha value is -2.52. The molecule has 0 saturated heterocycles. The average Bonchev–Trinajstić information content (AvgIpc) is 3.31. The molecule has 1 aliphatic heterocycles. The van der Waals surface area contributed by atoms with Gasteiger partial charge in [-0.3, -0.25) is 4.79 Å². The molecule has 7 nitrogen and oxygen atoms in total. The van der Waals surface area contributed by atoms with Crippen LogP contribution in [0.1, 0.15) is 36.5 Å². The topological polar surface area (TPSA) is 78.3 Å². The Balaban J connectivity index is 1.27. The number of hydrogen-bond acceptors (Lipinski definition) is 7. The minimum absolute atomic E-state index is 0.0816. The van der Waals surface area contributed by atoms with Crippen LogP contribution in [0.25, 0.3) is 0 Å². The van der Waals surface area contributed by atoms with Crippen LogP contribution in [0.4, 0.5) is 5.69 Å². The van der Waals surface area contributed by atoms with Gasteiger partial charge in [0, 0.05) is 29.1 Å². The number of nitrogens with one attached hydrogen (secondary N) is 1. The lowest BCUT2D eigenvalue weighted by Gasteiger charge is -2.19. The van der Waals surface area contributed by atoms with Crippen LogP contribution in [0.2, 0.25) is 0 Å². The maximum atomic E-state index is 12.8. The molecule has 3 aromatic rings. The SMILES string of the molecule is CC(Sc1nnc(Cc2cccs2)n1C1CC1)C(=O)Nc1ccc2c(c1)OCCO2. The summed E-state index contributed by atoms with van der Waals surface area (Å²) in [6, 6.07) is 10.1. The number of benzene rings is 1. The van der Waals surface area contributed by atoms with Crippen molar-refractivity contribution < 1.29 is 14.3 Å². The zero-order chi connectivity index (χ0) is 20.5. The van der Waals surface area contributed by atoms with Gasteiger partial charge in [-0.25, -0.2) is 0 Å². The van der Waals surface area contributed by atoms with Crippen molar-refractivity contribution in [3.63, 3.8) is 0 Å². The second-order valence-electron chi connectivity index (χ2n) is 7.36. The number of anilines is 1. The van der Waals surface area contributed by atoms with Crippen LogP contribution >= 0.6 is 23.1 Å². The largest absolute Gasteiger partial charge is 0.486 e. The van der Waals surface area contributed by atoms with E-state index in [0.717, 1.165) is 30.2 Å². The lowest BCUT2D eigenvalue weighted by molar-refractivity contribution is -0.115. The Bertz CT molecular complexity index is 1050. The average molecular weight is 443 g/mol. The van der Waals surface area contributed by atoms with Crippen LogP contribution in [-0.4, -0.2) is 39.1 Å². The van der Waals surface area contributed by atoms with E-state index in [4.69, 9.17) is 9.47 Å². The van der Waals surface area contributed by atoms with Gasteiger partial charge in [-0.05, 0) is 43.3 Å². The van der Waals surface area contributed by atoms with Crippen molar-refractivity contribution in [3.05, 3.63) is 46.4 Å². The van der Waals surface area contributed by atoms with Gasteiger partial charge in [0.05, 0.1) is 5.25 Å². The molecule has 1 aromatic carbocycles. The summed E-state index contributed by atoms with van der Waals surface area (Å²) in [4.78, 5) is 14.1. The van der Waals surface area contributed by atoms with Crippen LogP contribution in [0.3, 0.4) is 0 Å². The monoisotopic (exact) mass is 442 g/mol. The van der Waals surface area contributed by atoms with Gasteiger partial charge in [0.1, 0.15) is 19.0 Å². The first-order valence-corrected chi connectivity index (χ1v) is 11.8. The van der Waals surface area contributed by atoms with Gasteiger partial charge in [-0.2, -0.15) is 0 Å². The fourth-order valence-electron chi connectivity index (χ4n) is 3.35.